The van der Waals surface area contributed by atoms with E-state index in [1.807, 2.05) is 0 Å². The summed E-state index contributed by atoms with van der Waals surface area (Å²) < 4.78 is 9.69. The molecule has 4 heteroatoms. The Balaban J connectivity index is 1.14. The Hall–Kier alpha value is -9.38. The first-order valence-electron chi connectivity index (χ1n) is 23.8. The maximum absolute atomic E-state index is 7.22. The van der Waals surface area contributed by atoms with Gasteiger partial charge < -0.3 is 18.8 Å². The van der Waals surface area contributed by atoms with Gasteiger partial charge >= 0.3 is 0 Å². The molecule has 0 N–H and O–H groups in total. The second-order valence-electron chi connectivity index (χ2n) is 17.7. The van der Waals surface area contributed by atoms with Crippen LogP contribution in [0.3, 0.4) is 0 Å². The van der Waals surface area contributed by atoms with Crippen molar-refractivity contribution in [2.75, 3.05) is 9.80 Å². The van der Waals surface area contributed by atoms with Crippen LogP contribution in [0.4, 0.5) is 34.1 Å². The Morgan fingerprint density at radius 2 is 0.729 bits per heavy atom. The first kappa shape index (κ1) is 40.9. The highest BCUT2D eigenvalue weighted by Gasteiger charge is 2.26. The average Bonchev–Trinajstić information content (AvgIpc) is 3.99. The standard InChI is InChI=1S/C66H45N3O/c1-7-23-46(24-8-1)48-39-49(47-25-9-2-10-26-47)41-55(40-48)69-62-37-21-19-35-58(62)61-45-60(66-64(65(61)69)59-36-20-22-38-63(59)70-66)50-42-56(67(51-27-11-3-12-28-51)52-29-13-4-14-30-52)44-57(43-50)68(53-31-15-5-16-32-53)54-33-17-6-18-34-54/h1-45H. The number of fused-ring (bicyclic) bond motifs is 7. The van der Waals surface area contributed by atoms with Crippen molar-refractivity contribution < 1.29 is 4.42 Å². The molecule has 0 radical (unpaired) electrons. The number of furan rings is 1. The molecule has 2 aromatic heterocycles. The van der Waals surface area contributed by atoms with E-state index in [0.717, 1.165) is 100 Å². The topological polar surface area (TPSA) is 24.6 Å². The summed E-state index contributed by atoms with van der Waals surface area (Å²) in [4.78, 5) is 4.71. The van der Waals surface area contributed by atoms with Gasteiger partial charge in [-0.3, -0.25) is 0 Å². The van der Waals surface area contributed by atoms with Crippen LogP contribution in [0.15, 0.2) is 277 Å². The SMILES string of the molecule is c1ccc(-c2cc(-c3ccccc3)cc(-n3c4ccccc4c4cc(-c5cc(N(c6ccccc6)c6ccccc6)cc(N(c6ccccc6)c6ccccc6)c5)c5oc6ccccc6c5c43)c2)cc1. The molecule has 0 aliphatic carbocycles. The highest BCUT2D eigenvalue weighted by molar-refractivity contribution is 6.27. The van der Waals surface area contributed by atoms with E-state index >= 15 is 0 Å². The van der Waals surface area contributed by atoms with Crippen molar-refractivity contribution in [1.29, 1.82) is 0 Å². The molecular formula is C66H45N3O. The number of benzene rings is 11. The molecule has 0 atom stereocenters. The van der Waals surface area contributed by atoms with Crippen LogP contribution in [0.1, 0.15) is 0 Å². The molecule has 13 aromatic rings. The Kier molecular flexibility index (Phi) is 10.1. The average molecular weight is 896 g/mol. The summed E-state index contributed by atoms with van der Waals surface area (Å²) in [6, 6.07) is 97.7. The van der Waals surface area contributed by atoms with Crippen LogP contribution >= 0.6 is 0 Å². The van der Waals surface area contributed by atoms with Gasteiger partial charge in [0.15, 0.2) is 0 Å². The largest absolute Gasteiger partial charge is 0.455 e. The fraction of sp³-hybridized carbons (Fsp3) is 0. The maximum Gasteiger partial charge on any atom is 0.145 e. The Morgan fingerprint density at radius 1 is 0.300 bits per heavy atom. The number of hydrogen-bond acceptors (Lipinski definition) is 3. The van der Waals surface area contributed by atoms with Crippen LogP contribution in [0.2, 0.25) is 0 Å². The lowest BCUT2D eigenvalue weighted by Crippen LogP contribution is -2.13. The molecule has 13 rings (SSSR count). The molecule has 0 saturated heterocycles. The molecule has 0 bridgehead atoms. The van der Waals surface area contributed by atoms with Gasteiger partial charge in [0.05, 0.1) is 16.4 Å². The molecule has 0 unspecified atom stereocenters. The summed E-state index contributed by atoms with van der Waals surface area (Å²) in [7, 11) is 0. The van der Waals surface area contributed by atoms with Gasteiger partial charge in [-0.05, 0) is 131 Å². The third-order valence-corrected chi connectivity index (χ3v) is 13.5. The minimum atomic E-state index is 0.834. The maximum atomic E-state index is 7.22. The molecule has 0 fully saturated rings. The summed E-state index contributed by atoms with van der Waals surface area (Å²) in [5.41, 5.74) is 17.9. The van der Waals surface area contributed by atoms with Crippen LogP contribution in [-0.4, -0.2) is 4.57 Å². The number of rotatable bonds is 10. The van der Waals surface area contributed by atoms with Crippen molar-refractivity contribution in [3.05, 3.63) is 273 Å². The van der Waals surface area contributed by atoms with Gasteiger partial charge in [0.1, 0.15) is 11.2 Å². The quantitative estimate of drug-likeness (QED) is 0.137. The predicted molar refractivity (Wildman–Crippen MR) is 294 cm³/mol. The normalized spacial score (nSPS) is 11.4. The van der Waals surface area contributed by atoms with Crippen LogP contribution < -0.4 is 9.80 Å². The monoisotopic (exact) mass is 895 g/mol. The molecule has 70 heavy (non-hydrogen) atoms. The van der Waals surface area contributed by atoms with Crippen molar-refractivity contribution in [3.8, 4) is 39.1 Å². The van der Waals surface area contributed by atoms with Crippen molar-refractivity contribution >= 4 is 77.9 Å². The molecule has 4 nitrogen and oxygen atoms in total. The van der Waals surface area contributed by atoms with Gasteiger partial charge in [-0.1, -0.05) is 170 Å². The molecule has 330 valence electrons. The van der Waals surface area contributed by atoms with Gasteiger partial charge in [-0.2, -0.15) is 0 Å². The van der Waals surface area contributed by atoms with E-state index in [4.69, 9.17) is 4.42 Å². The Morgan fingerprint density at radius 3 is 1.23 bits per heavy atom. The third kappa shape index (κ3) is 7.18. The second-order valence-corrected chi connectivity index (χ2v) is 17.7. The number of hydrogen-bond donors (Lipinski definition) is 0. The molecule has 0 spiro atoms. The van der Waals surface area contributed by atoms with Crippen LogP contribution in [-0.2, 0) is 0 Å². The zero-order chi connectivity index (χ0) is 46.4. The van der Waals surface area contributed by atoms with Crippen molar-refractivity contribution in [1.82, 2.24) is 4.57 Å². The molecular weight excluding hydrogens is 851 g/mol. The predicted octanol–water partition coefficient (Wildman–Crippen LogP) is 18.6. The van der Waals surface area contributed by atoms with E-state index in [9.17, 15) is 0 Å². The fourth-order valence-corrected chi connectivity index (χ4v) is 10.4. The van der Waals surface area contributed by atoms with Gasteiger partial charge in [0.25, 0.3) is 0 Å². The highest BCUT2D eigenvalue weighted by Crippen LogP contribution is 2.49. The summed E-state index contributed by atoms with van der Waals surface area (Å²) in [5.74, 6) is 0. The van der Waals surface area contributed by atoms with E-state index < -0.39 is 0 Å². The molecule has 0 amide bonds. The smallest absolute Gasteiger partial charge is 0.145 e. The van der Waals surface area contributed by atoms with Crippen molar-refractivity contribution in [2.24, 2.45) is 0 Å². The Bertz CT molecular complexity index is 3740. The van der Waals surface area contributed by atoms with E-state index in [1.165, 1.54) is 16.5 Å². The number of aromatic nitrogens is 1. The highest BCUT2D eigenvalue weighted by atomic mass is 16.3. The van der Waals surface area contributed by atoms with Gasteiger partial charge in [-0.15, -0.1) is 0 Å². The van der Waals surface area contributed by atoms with Crippen LogP contribution in [0, 0.1) is 0 Å². The lowest BCUT2D eigenvalue weighted by molar-refractivity contribution is 0.670. The first-order valence-corrected chi connectivity index (χ1v) is 23.8. The minimum Gasteiger partial charge on any atom is -0.455 e. The molecule has 0 aliphatic heterocycles. The molecule has 0 saturated carbocycles. The van der Waals surface area contributed by atoms with E-state index in [1.54, 1.807) is 0 Å². The first-order chi connectivity index (χ1) is 34.7. The van der Waals surface area contributed by atoms with Crippen molar-refractivity contribution in [2.45, 2.75) is 0 Å². The van der Waals surface area contributed by atoms with Crippen LogP contribution in [0.5, 0.6) is 0 Å². The Labute approximate surface area is 406 Å². The van der Waals surface area contributed by atoms with E-state index in [2.05, 4.69) is 287 Å². The van der Waals surface area contributed by atoms with E-state index in [0.29, 0.717) is 0 Å². The van der Waals surface area contributed by atoms with Crippen molar-refractivity contribution in [3.63, 3.8) is 0 Å². The number of nitrogens with zero attached hydrogens (tertiary/aromatic N) is 3. The zero-order valence-electron chi connectivity index (χ0n) is 38.2. The van der Waals surface area contributed by atoms with Gasteiger partial charge in [0, 0.05) is 61.5 Å². The van der Waals surface area contributed by atoms with Gasteiger partial charge in [0.2, 0.25) is 0 Å². The summed E-state index contributed by atoms with van der Waals surface area (Å²) >= 11 is 0. The fourth-order valence-electron chi connectivity index (χ4n) is 10.4. The number of anilines is 6. The second kappa shape index (κ2) is 17.4. The molecule has 0 aliphatic rings. The summed E-state index contributed by atoms with van der Waals surface area (Å²) in [6.07, 6.45) is 0. The number of para-hydroxylation sites is 6. The minimum absolute atomic E-state index is 0.834. The molecule has 2 heterocycles. The lowest BCUT2D eigenvalue weighted by Gasteiger charge is -2.30. The third-order valence-electron chi connectivity index (χ3n) is 13.5. The van der Waals surface area contributed by atoms with E-state index in [-0.39, 0.29) is 0 Å². The lowest BCUT2D eigenvalue weighted by atomic mass is 9.96. The van der Waals surface area contributed by atoms with Crippen LogP contribution in [0.25, 0.3) is 82.8 Å². The molecule has 11 aromatic carbocycles. The summed E-state index contributed by atoms with van der Waals surface area (Å²) in [5, 5.41) is 4.45. The zero-order valence-corrected chi connectivity index (χ0v) is 38.2. The summed E-state index contributed by atoms with van der Waals surface area (Å²) in [6.45, 7) is 0. The van der Waals surface area contributed by atoms with Gasteiger partial charge in [-0.25, -0.2) is 0 Å².